The van der Waals surface area contributed by atoms with Crippen molar-refractivity contribution in [3.8, 4) is 69.0 Å². The molecule has 118 heavy (non-hydrogen) atoms. The molecule has 5 aliphatic rings. The normalized spacial score (nSPS) is 16.6. The maximum absolute atomic E-state index is 16.4. The van der Waals surface area contributed by atoms with Crippen LogP contribution in [0.4, 0.5) is 0 Å². The van der Waals surface area contributed by atoms with E-state index in [1.165, 1.54) is 54.6 Å². The molecular formula is C97H74O21. The van der Waals surface area contributed by atoms with E-state index >= 15 is 9.59 Å². The molecule has 5 heterocycles. The lowest BCUT2D eigenvalue weighted by Gasteiger charge is -2.31. The Morgan fingerprint density at radius 2 is 0.627 bits per heavy atom. The zero-order valence-corrected chi connectivity index (χ0v) is 63.2. The molecule has 0 unspecified atom stereocenters. The predicted molar refractivity (Wildman–Crippen MR) is 432 cm³/mol. The number of fused-ring (bicyclic) bond motifs is 4. The third-order valence-electron chi connectivity index (χ3n) is 20.9. The first-order valence-electron chi connectivity index (χ1n) is 37.9. The highest BCUT2D eigenvalue weighted by atomic mass is 16.8. The van der Waals surface area contributed by atoms with E-state index in [-0.39, 0.29) is 123 Å². The fraction of sp³-hybridized carbons (Fsp3) is 0.134. The summed E-state index contributed by atoms with van der Waals surface area (Å²) in [7, 11) is 0. The Kier molecular flexibility index (Phi) is 20.4. The fourth-order valence-electron chi connectivity index (χ4n) is 15.8. The van der Waals surface area contributed by atoms with E-state index in [9.17, 15) is 19.8 Å². The lowest BCUT2D eigenvalue weighted by Crippen LogP contribution is -2.37. The van der Waals surface area contributed by atoms with E-state index in [0.717, 1.165) is 0 Å². The number of carboxylic acid groups (broad SMARTS) is 2. The van der Waals surface area contributed by atoms with E-state index in [1.54, 1.807) is 146 Å². The fourth-order valence-corrected chi connectivity index (χ4v) is 15.8. The topological polar surface area (TPSA) is 247 Å². The number of carboxylic acids is 2. The van der Waals surface area contributed by atoms with Gasteiger partial charge in [0.15, 0.2) is 46.0 Å². The van der Waals surface area contributed by atoms with Gasteiger partial charge in [-0.3, -0.25) is 0 Å². The molecular weight excluding hydrogens is 1500 g/mol. The van der Waals surface area contributed by atoms with Gasteiger partial charge in [0.2, 0.25) is 29.8 Å². The van der Waals surface area contributed by atoms with Crippen LogP contribution in [0.5, 0.6) is 69.0 Å². The molecule has 0 spiro atoms. The van der Waals surface area contributed by atoms with Crippen LogP contribution in [-0.2, 0) is 37.4 Å². The van der Waals surface area contributed by atoms with Crippen molar-refractivity contribution < 1.29 is 100 Å². The number of hydrogen-bond acceptors (Lipinski definition) is 19. The number of rotatable bonds is 29. The van der Waals surface area contributed by atoms with Crippen LogP contribution < -0.4 is 56.8 Å². The monoisotopic (exact) mass is 1570 g/mol. The van der Waals surface area contributed by atoms with E-state index in [1.807, 2.05) is 97.1 Å². The molecule has 588 valence electrons. The molecule has 0 aliphatic carbocycles. The lowest BCUT2D eigenvalue weighted by atomic mass is 9.74. The summed E-state index contributed by atoms with van der Waals surface area (Å²) in [5, 5.41) is 24.4. The molecule has 1 fully saturated rings. The molecule has 17 rings (SSSR count). The number of benzene rings is 12. The number of carbonyl (C=O) groups excluding carboxylic acids is 2. The van der Waals surface area contributed by atoms with Crippen molar-refractivity contribution in [3.05, 3.63) is 407 Å². The predicted octanol–water partition coefficient (Wildman–Crippen LogP) is 18.6. The number of hydrogen-bond donors (Lipinski definition) is 2. The third-order valence-corrected chi connectivity index (χ3v) is 20.9. The van der Waals surface area contributed by atoms with Gasteiger partial charge >= 0.3 is 47.0 Å². The highest BCUT2D eigenvalue weighted by Gasteiger charge is 2.59. The molecule has 0 saturated carbocycles. The Morgan fingerprint density at radius 1 is 0.339 bits per heavy atom. The minimum Gasteiger partial charge on any atom is -0.485 e. The SMILES string of the molecule is C=CCOc1cc(C(=O)OCOC(=O)c2cc(OCC=C)c3c(c2[C@H]2OC[C@@H](c4c(C(=O)O)cc(OCC=C)c5c4OC(c4ccccc4)(c4ccccc4)O5)[C@@H]2c2c(C(=O)O)cc(OCC=C)c4c2OC(c2ccccc2)(c2ccccc2)O4)OC(c2ccccc2)(c2ccccc2)O3)cc2c1OC(c1ccccc1)(c1ccccc1)O2. The van der Waals surface area contributed by atoms with Gasteiger partial charge in [0.25, 0.3) is 0 Å². The summed E-state index contributed by atoms with van der Waals surface area (Å²) in [6, 6.07) is 79.3. The van der Waals surface area contributed by atoms with Gasteiger partial charge in [0.05, 0.1) is 35.0 Å². The molecule has 1 saturated heterocycles. The van der Waals surface area contributed by atoms with Crippen LogP contribution in [0.3, 0.4) is 0 Å². The Labute approximate surface area is 677 Å². The minimum atomic E-state index is -1.94. The van der Waals surface area contributed by atoms with Crippen LogP contribution in [0.25, 0.3) is 0 Å². The van der Waals surface area contributed by atoms with Gasteiger partial charge in [-0.1, -0.05) is 293 Å². The van der Waals surface area contributed by atoms with Crippen LogP contribution in [-0.4, -0.2) is 73.9 Å². The highest BCUT2D eigenvalue weighted by molar-refractivity contribution is 5.97. The van der Waals surface area contributed by atoms with E-state index in [4.69, 9.17) is 71.1 Å². The smallest absolute Gasteiger partial charge is 0.341 e. The van der Waals surface area contributed by atoms with Gasteiger partial charge in [-0.15, -0.1) is 0 Å². The van der Waals surface area contributed by atoms with Crippen molar-refractivity contribution in [1.82, 2.24) is 0 Å². The second kappa shape index (κ2) is 31.8. The number of carbonyl (C=O) groups is 4. The first kappa shape index (κ1) is 75.7. The second-order valence-electron chi connectivity index (χ2n) is 27.9. The zero-order chi connectivity index (χ0) is 81.1. The lowest BCUT2D eigenvalue weighted by molar-refractivity contribution is -0.0486. The molecule has 21 heteroatoms. The maximum atomic E-state index is 16.4. The van der Waals surface area contributed by atoms with E-state index in [2.05, 4.69) is 26.3 Å². The van der Waals surface area contributed by atoms with Crippen LogP contribution in [0.15, 0.2) is 324 Å². The Hall–Kier alpha value is -15.0. The van der Waals surface area contributed by atoms with Crippen molar-refractivity contribution in [3.63, 3.8) is 0 Å². The molecule has 0 aromatic heterocycles. The molecule has 12 aromatic rings. The Balaban J connectivity index is 0.890. The Morgan fingerprint density at radius 3 is 0.975 bits per heavy atom. The van der Waals surface area contributed by atoms with Gasteiger partial charge in [0, 0.05) is 73.0 Å². The van der Waals surface area contributed by atoms with E-state index < -0.39 is 89.5 Å². The molecule has 5 aliphatic heterocycles. The van der Waals surface area contributed by atoms with Crippen molar-refractivity contribution in [2.75, 3.05) is 39.8 Å². The van der Waals surface area contributed by atoms with Gasteiger partial charge < -0.3 is 81.3 Å². The van der Waals surface area contributed by atoms with Gasteiger partial charge in [0.1, 0.15) is 26.4 Å². The molecule has 2 N–H and O–H groups in total. The van der Waals surface area contributed by atoms with Crippen molar-refractivity contribution in [1.29, 1.82) is 0 Å². The standard InChI is InChI=1S/C97H74O21/c1-5-49-104-73-53-60(54-77-82(73)112-94(111-77,61-33-17-9-18-34-61)62-35-19-10-20-36-62)92(102)109-59-110-93(103)71-57-76(107-52-8-4)85-89(118-97(115-85,67-45-29-15-30-46-67)68-47-31-16-32-48-68)81(71)86-80(79-70(91(100)101)56-75(106-51-7-3)84-88(79)117-96(114-84,65-41-25-13-26-42-65)66-43-27-14-28-44-66)72(58-108-86)78-69(90(98)99)55-74(105-50-6-2)83-87(78)116-95(113-83,63-37-21-11-22-38-63)64-39-23-12-24-40-64/h5-48,53-57,72,80,86H,1-4,49-52,58-59H2,(H,98,99)(H,100,101)/t72-,80+,86-/m0/s1. The summed E-state index contributed by atoms with van der Waals surface area (Å²) < 4.78 is 103. The molecule has 0 bridgehead atoms. The molecule has 21 nitrogen and oxygen atoms in total. The van der Waals surface area contributed by atoms with Crippen LogP contribution in [0.1, 0.15) is 121 Å². The molecule has 3 atom stereocenters. The maximum Gasteiger partial charge on any atom is 0.341 e. The van der Waals surface area contributed by atoms with Gasteiger partial charge in [-0.05, 0) is 30.3 Å². The summed E-state index contributed by atoms with van der Waals surface area (Å²) in [5.41, 5.74) is 2.22. The third kappa shape index (κ3) is 13.3. The van der Waals surface area contributed by atoms with Gasteiger partial charge in [-0.2, -0.15) is 0 Å². The summed E-state index contributed by atoms with van der Waals surface area (Å²) in [4.78, 5) is 61.3. The number of esters is 2. The van der Waals surface area contributed by atoms with Crippen molar-refractivity contribution in [2.45, 2.75) is 41.1 Å². The largest absolute Gasteiger partial charge is 0.485 e. The average Bonchev–Trinajstić information content (AvgIpc) is 1.54. The summed E-state index contributed by atoms with van der Waals surface area (Å²) in [6.07, 6.45) is 4.21. The molecule has 0 amide bonds. The van der Waals surface area contributed by atoms with E-state index in [0.29, 0.717) is 44.5 Å². The Bertz CT molecular complexity index is 5690. The number of aromatic carboxylic acids is 2. The van der Waals surface area contributed by atoms with Crippen LogP contribution in [0, 0.1) is 0 Å². The molecule has 0 radical (unpaired) electrons. The van der Waals surface area contributed by atoms with Crippen LogP contribution in [0.2, 0.25) is 0 Å². The van der Waals surface area contributed by atoms with Crippen molar-refractivity contribution in [2.24, 2.45) is 0 Å². The molecule has 12 aromatic carbocycles. The second-order valence-corrected chi connectivity index (χ2v) is 27.9. The van der Waals surface area contributed by atoms with Crippen LogP contribution >= 0.6 is 0 Å². The zero-order valence-electron chi connectivity index (χ0n) is 63.2. The quantitative estimate of drug-likeness (QED) is 0.0251. The minimum absolute atomic E-state index is 0.0136. The first-order valence-corrected chi connectivity index (χ1v) is 37.9. The summed E-state index contributed by atoms with van der Waals surface area (Å²) in [5.74, 6) is -16.3. The van der Waals surface area contributed by atoms with Gasteiger partial charge in [-0.25, -0.2) is 19.2 Å². The number of ether oxygens (including phenoxy) is 15. The average molecular weight is 1580 g/mol. The highest BCUT2D eigenvalue weighted by Crippen LogP contribution is 2.68. The van der Waals surface area contributed by atoms with Crippen molar-refractivity contribution >= 4 is 23.9 Å². The summed E-state index contributed by atoms with van der Waals surface area (Å²) in [6.45, 7) is 13.5. The summed E-state index contributed by atoms with van der Waals surface area (Å²) >= 11 is 0. The first-order chi connectivity index (χ1) is 57.7.